The lowest BCUT2D eigenvalue weighted by atomic mass is 10.0. The molecular weight excluding hydrogens is 494 g/mol. The van der Waals surface area contributed by atoms with Crippen LogP contribution in [-0.2, 0) is 22.5 Å². The lowest BCUT2D eigenvalue weighted by molar-refractivity contribution is -0.920. The first kappa shape index (κ1) is 33.9. The van der Waals surface area contributed by atoms with Crippen molar-refractivity contribution in [3.05, 3.63) is 65.7 Å². The zero-order valence-corrected chi connectivity index (χ0v) is 26.2. The highest BCUT2D eigenvalue weighted by Crippen LogP contribution is 2.20. The van der Waals surface area contributed by atoms with E-state index in [1.807, 2.05) is 6.07 Å². The number of hydrogen-bond donors (Lipinski definition) is 0. The minimum absolute atomic E-state index is 0.0818. The third-order valence-electron chi connectivity index (χ3n) is 7.90. The van der Waals surface area contributed by atoms with Gasteiger partial charge < -0.3 is 14.0 Å². The Balaban J connectivity index is 1.56. The Morgan fingerprint density at radius 1 is 0.675 bits per heavy atom. The molecular formula is C36H58NO3+. The molecule has 0 fully saturated rings. The fourth-order valence-corrected chi connectivity index (χ4v) is 5.42. The molecule has 0 aliphatic rings. The van der Waals surface area contributed by atoms with E-state index < -0.39 is 0 Å². The number of benzene rings is 2. The molecule has 0 amide bonds. The molecule has 0 bridgehead atoms. The van der Waals surface area contributed by atoms with Crippen molar-refractivity contribution in [2.24, 2.45) is 0 Å². The Morgan fingerprint density at radius 2 is 1.27 bits per heavy atom. The molecule has 2 rings (SSSR count). The van der Waals surface area contributed by atoms with Crippen LogP contribution in [-0.4, -0.2) is 43.8 Å². The molecule has 1 atom stereocenters. The van der Waals surface area contributed by atoms with Crippen LogP contribution in [0.15, 0.2) is 54.6 Å². The van der Waals surface area contributed by atoms with Gasteiger partial charge in [0.2, 0.25) is 0 Å². The SMILES string of the molecule is CCCCCCCCCCCCc1ccc(OCCCCOC(=O)C(CCC)[N+](C)(C)Cc2ccccc2)cc1. The summed E-state index contributed by atoms with van der Waals surface area (Å²) < 4.78 is 12.3. The van der Waals surface area contributed by atoms with E-state index in [4.69, 9.17) is 9.47 Å². The zero-order valence-electron chi connectivity index (χ0n) is 26.2. The molecule has 4 nitrogen and oxygen atoms in total. The number of rotatable bonds is 23. The van der Waals surface area contributed by atoms with Crippen LogP contribution in [0.25, 0.3) is 0 Å². The van der Waals surface area contributed by atoms with Gasteiger partial charge in [-0.3, -0.25) is 0 Å². The predicted octanol–water partition coefficient (Wildman–Crippen LogP) is 9.30. The average molecular weight is 553 g/mol. The Labute approximate surface area is 246 Å². The number of likely N-dealkylation sites (N-methyl/N-ethyl adjacent to an activating group) is 1. The Morgan fingerprint density at radius 3 is 1.90 bits per heavy atom. The first-order chi connectivity index (χ1) is 19.5. The van der Waals surface area contributed by atoms with Crippen molar-refractivity contribution < 1.29 is 18.8 Å². The highest BCUT2D eigenvalue weighted by molar-refractivity contribution is 5.74. The van der Waals surface area contributed by atoms with Crippen LogP contribution in [0.4, 0.5) is 0 Å². The maximum absolute atomic E-state index is 13.0. The molecule has 0 saturated carbocycles. The van der Waals surface area contributed by atoms with E-state index in [2.05, 4.69) is 76.5 Å². The summed E-state index contributed by atoms with van der Waals surface area (Å²) in [6.45, 7) is 6.31. The number of carbonyl (C=O) groups excluding carboxylic acids is 1. The number of hydrogen-bond acceptors (Lipinski definition) is 3. The number of esters is 1. The number of aryl methyl sites for hydroxylation is 1. The van der Waals surface area contributed by atoms with Crippen LogP contribution in [0.5, 0.6) is 5.75 Å². The zero-order chi connectivity index (χ0) is 28.9. The minimum Gasteiger partial charge on any atom is -0.494 e. The highest BCUT2D eigenvalue weighted by atomic mass is 16.5. The van der Waals surface area contributed by atoms with Crippen LogP contribution in [0.3, 0.4) is 0 Å². The second-order valence-corrected chi connectivity index (χ2v) is 12.0. The molecule has 224 valence electrons. The van der Waals surface area contributed by atoms with Gasteiger partial charge in [-0.2, -0.15) is 0 Å². The predicted molar refractivity (Wildman–Crippen MR) is 169 cm³/mol. The van der Waals surface area contributed by atoms with Gasteiger partial charge >= 0.3 is 5.97 Å². The molecule has 0 aliphatic heterocycles. The lowest BCUT2D eigenvalue weighted by Crippen LogP contribution is -2.52. The smallest absolute Gasteiger partial charge is 0.364 e. The van der Waals surface area contributed by atoms with Crippen molar-refractivity contribution in [2.75, 3.05) is 27.3 Å². The molecule has 40 heavy (non-hydrogen) atoms. The van der Waals surface area contributed by atoms with E-state index in [0.717, 1.165) is 44.4 Å². The van der Waals surface area contributed by atoms with Crippen LogP contribution in [0.2, 0.25) is 0 Å². The van der Waals surface area contributed by atoms with Gasteiger partial charge in [-0.15, -0.1) is 0 Å². The summed E-state index contributed by atoms with van der Waals surface area (Å²) in [6, 6.07) is 18.8. The van der Waals surface area contributed by atoms with Gasteiger partial charge in [0.05, 0.1) is 27.3 Å². The quantitative estimate of drug-likeness (QED) is 0.0783. The summed E-state index contributed by atoms with van der Waals surface area (Å²) in [5.41, 5.74) is 2.64. The molecule has 2 aromatic carbocycles. The number of unbranched alkanes of at least 4 members (excludes halogenated alkanes) is 10. The normalized spacial score (nSPS) is 12.3. The molecule has 0 aromatic heterocycles. The maximum Gasteiger partial charge on any atom is 0.364 e. The summed E-state index contributed by atoms with van der Waals surface area (Å²) in [5.74, 6) is 0.841. The number of carbonyl (C=O) groups is 1. The van der Waals surface area contributed by atoms with E-state index in [-0.39, 0.29) is 12.0 Å². The van der Waals surface area contributed by atoms with E-state index in [9.17, 15) is 4.79 Å². The Hall–Kier alpha value is -2.33. The van der Waals surface area contributed by atoms with Gasteiger partial charge in [0.25, 0.3) is 0 Å². The summed E-state index contributed by atoms with van der Waals surface area (Å²) in [4.78, 5) is 13.0. The summed E-state index contributed by atoms with van der Waals surface area (Å²) in [6.07, 6.45) is 18.4. The summed E-state index contributed by atoms with van der Waals surface area (Å²) in [7, 11) is 4.26. The minimum atomic E-state index is -0.153. The van der Waals surface area contributed by atoms with Crippen LogP contribution in [0, 0.1) is 0 Å². The monoisotopic (exact) mass is 552 g/mol. The van der Waals surface area contributed by atoms with Crippen molar-refractivity contribution in [1.29, 1.82) is 0 Å². The van der Waals surface area contributed by atoms with Crippen molar-refractivity contribution in [3.63, 3.8) is 0 Å². The molecule has 0 aliphatic carbocycles. The molecule has 1 unspecified atom stereocenters. The second-order valence-electron chi connectivity index (χ2n) is 12.0. The van der Waals surface area contributed by atoms with E-state index in [1.165, 1.54) is 75.3 Å². The Kier molecular flexibility index (Phi) is 17.4. The first-order valence-corrected chi connectivity index (χ1v) is 16.2. The van der Waals surface area contributed by atoms with Crippen molar-refractivity contribution in [1.82, 2.24) is 0 Å². The van der Waals surface area contributed by atoms with Gasteiger partial charge in [-0.05, 0) is 49.8 Å². The molecule has 0 saturated heterocycles. The third kappa shape index (κ3) is 14.3. The summed E-state index contributed by atoms with van der Waals surface area (Å²) in [5, 5.41) is 0. The van der Waals surface area contributed by atoms with Gasteiger partial charge in [0, 0.05) is 12.0 Å². The van der Waals surface area contributed by atoms with E-state index >= 15 is 0 Å². The van der Waals surface area contributed by atoms with E-state index in [0.29, 0.717) is 17.7 Å². The number of ether oxygens (including phenoxy) is 2. The van der Waals surface area contributed by atoms with Crippen LogP contribution >= 0.6 is 0 Å². The summed E-state index contributed by atoms with van der Waals surface area (Å²) >= 11 is 0. The third-order valence-corrected chi connectivity index (χ3v) is 7.90. The fraction of sp³-hybridized carbons (Fsp3) is 0.639. The largest absolute Gasteiger partial charge is 0.494 e. The molecule has 0 N–H and O–H groups in total. The molecule has 0 radical (unpaired) electrons. The van der Waals surface area contributed by atoms with Crippen molar-refractivity contribution in [3.8, 4) is 5.75 Å². The molecule has 0 spiro atoms. The molecule has 0 heterocycles. The van der Waals surface area contributed by atoms with Crippen molar-refractivity contribution in [2.45, 2.75) is 123 Å². The topological polar surface area (TPSA) is 35.5 Å². The van der Waals surface area contributed by atoms with Crippen LogP contribution < -0.4 is 4.74 Å². The van der Waals surface area contributed by atoms with Crippen molar-refractivity contribution >= 4 is 5.97 Å². The highest BCUT2D eigenvalue weighted by Gasteiger charge is 2.35. The molecule has 2 aromatic rings. The fourth-order valence-electron chi connectivity index (χ4n) is 5.42. The van der Waals surface area contributed by atoms with Gasteiger partial charge in [0.15, 0.2) is 6.04 Å². The number of nitrogens with zero attached hydrogens (tertiary/aromatic N) is 1. The number of quaternary nitrogens is 1. The molecule has 4 heteroatoms. The van der Waals surface area contributed by atoms with E-state index in [1.54, 1.807) is 0 Å². The van der Waals surface area contributed by atoms with Crippen LogP contribution in [0.1, 0.15) is 115 Å². The van der Waals surface area contributed by atoms with Gasteiger partial charge in [0.1, 0.15) is 12.3 Å². The average Bonchev–Trinajstić information content (AvgIpc) is 2.95. The lowest BCUT2D eigenvalue weighted by Gasteiger charge is -2.36. The second kappa shape index (κ2) is 20.5. The van der Waals surface area contributed by atoms with Gasteiger partial charge in [-0.25, -0.2) is 4.79 Å². The Bertz CT molecular complexity index is 894. The van der Waals surface area contributed by atoms with Gasteiger partial charge in [-0.1, -0.05) is 114 Å². The first-order valence-electron chi connectivity index (χ1n) is 16.2. The maximum atomic E-state index is 13.0. The standard InChI is InChI=1S/C36H58NO3/c1-5-7-8-9-10-11-12-13-14-16-22-32-25-27-34(28-26-32)39-29-19-20-30-40-36(38)35(21-6-2)37(3,4)31-33-23-17-15-18-24-33/h15,17-18,23-28,35H,5-14,16,19-22,29-31H2,1-4H3/q+1.